The van der Waals surface area contributed by atoms with Crippen molar-refractivity contribution < 1.29 is 32.4 Å². The molecular weight excluding hydrogens is 365 g/mol. The number of fused-ring (bicyclic) bond motifs is 1. The molecule has 0 unspecified atom stereocenters. The molecule has 0 atom stereocenters. The van der Waals surface area contributed by atoms with Crippen LogP contribution in [0.25, 0.3) is 0 Å². The monoisotopic (exact) mass is 378 g/mol. The van der Waals surface area contributed by atoms with Crippen LogP contribution in [0.2, 0.25) is 0 Å². The van der Waals surface area contributed by atoms with Crippen molar-refractivity contribution in [3.8, 4) is 0 Å². The van der Waals surface area contributed by atoms with Gasteiger partial charge in [0.1, 0.15) is 0 Å². The highest BCUT2D eigenvalue weighted by atomic mass is 19.4. The normalized spacial score (nSPS) is 13.6. The van der Waals surface area contributed by atoms with Crippen molar-refractivity contribution >= 4 is 23.5 Å². The van der Waals surface area contributed by atoms with Gasteiger partial charge in [0, 0.05) is 19.8 Å². The summed E-state index contributed by atoms with van der Waals surface area (Å²) in [4.78, 5) is 43.0. The van der Waals surface area contributed by atoms with Gasteiger partial charge in [-0.3, -0.25) is 9.59 Å². The second-order valence-corrected chi connectivity index (χ2v) is 5.99. The van der Waals surface area contributed by atoms with Crippen molar-refractivity contribution in [3.05, 3.63) is 64.7 Å². The highest BCUT2D eigenvalue weighted by Crippen LogP contribution is 2.33. The molecule has 1 aliphatic rings. The van der Waals surface area contributed by atoms with E-state index in [2.05, 4.69) is 0 Å². The van der Waals surface area contributed by atoms with E-state index in [1.807, 2.05) is 0 Å². The predicted molar refractivity (Wildman–Crippen MR) is 88.1 cm³/mol. The van der Waals surface area contributed by atoms with E-state index in [1.54, 1.807) is 0 Å². The Morgan fingerprint density at radius 2 is 1.56 bits per heavy atom. The summed E-state index contributed by atoms with van der Waals surface area (Å²) in [7, 11) is 3.02. The van der Waals surface area contributed by atoms with E-state index in [-0.39, 0.29) is 21.9 Å². The van der Waals surface area contributed by atoms with Gasteiger partial charge in [0.15, 0.2) is 0 Å². The third-order valence-corrected chi connectivity index (χ3v) is 3.93. The molecule has 6 nitrogen and oxygen atoms in total. The Hall–Kier alpha value is -3.36. The maximum absolute atomic E-state index is 13.1. The van der Waals surface area contributed by atoms with Gasteiger partial charge >= 0.3 is 12.1 Å². The number of amides is 2. The van der Waals surface area contributed by atoms with E-state index < -0.39 is 35.1 Å². The van der Waals surface area contributed by atoms with Gasteiger partial charge in [0.25, 0.3) is 11.8 Å². The number of imide groups is 1. The first-order chi connectivity index (χ1) is 12.6. The topological polar surface area (TPSA) is 66.9 Å². The summed E-state index contributed by atoms with van der Waals surface area (Å²) in [6.07, 6.45) is -4.68. The second-order valence-electron chi connectivity index (χ2n) is 5.99. The number of carbonyl (C=O) groups is 3. The summed E-state index contributed by atoms with van der Waals surface area (Å²) in [6, 6.07) is 8.49. The lowest BCUT2D eigenvalue weighted by Crippen LogP contribution is -2.32. The van der Waals surface area contributed by atoms with Crippen LogP contribution in [-0.4, -0.2) is 36.9 Å². The average molecular weight is 378 g/mol. The van der Waals surface area contributed by atoms with Crippen molar-refractivity contribution in [1.29, 1.82) is 0 Å². The lowest BCUT2D eigenvalue weighted by molar-refractivity contribution is -0.137. The summed E-state index contributed by atoms with van der Waals surface area (Å²) in [5.41, 5.74) is -1.28. The fourth-order valence-electron chi connectivity index (χ4n) is 2.54. The molecule has 0 spiro atoms. The van der Waals surface area contributed by atoms with Crippen molar-refractivity contribution in [3.63, 3.8) is 0 Å². The SMILES string of the molecule is CN(C)c1cc(C(=O)ON2C(=O)c3ccccc3C2=O)cc(C(F)(F)F)c1. The van der Waals surface area contributed by atoms with Crippen LogP contribution in [0.3, 0.4) is 0 Å². The summed E-state index contributed by atoms with van der Waals surface area (Å²) in [5.74, 6) is -2.97. The molecule has 0 saturated carbocycles. The third-order valence-electron chi connectivity index (χ3n) is 3.93. The number of hydrogen-bond donors (Lipinski definition) is 0. The molecule has 1 heterocycles. The minimum atomic E-state index is -4.68. The van der Waals surface area contributed by atoms with Crippen LogP contribution in [0.5, 0.6) is 0 Å². The quantitative estimate of drug-likeness (QED) is 0.768. The van der Waals surface area contributed by atoms with Crippen LogP contribution in [-0.2, 0) is 11.0 Å². The first-order valence-electron chi connectivity index (χ1n) is 7.69. The van der Waals surface area contributed by atoms with Gasteiger partial charge < -0.3 is 9.74 Å². The van der Waals surface area contributed by atoms with Gasteiger partial charge in [0.05, 0.1) is 22.3 Å². The lowest BCUT2D eigenvalue weighted by Gasteiger charge is -2.18. The summed E-state index contributed by atoms with van der Waals surface area (Å²) in [6.45, 7) is 0. The lowest BCUT2D eigenvalue weighted by atomic mass is 10.1. The van der Waals surface area contributed by atoms with Gasteiger partial charge in [0.2, 0.25) is 0 Å². The number of benzene rings is 2. The van der Waals surface area contributed by atoms with Crippen LogP contribution in [0.1, 0.15) is 36.6 Å². The van der Waals surface area contributed by atoms with Gasteiger partial charge in [-0.15, -0.1) is 0 Å². The highest BCUT2D eigenvalue weighted by Gasteiger charge is 2.39. The zero-order valence-corrected chi connectivity index (χ0v) is 14.2. The largest absolute Gasteiger partial charge is 0.416 e. The zero-order valence-electron chi connectivity index (χ0n) is 14.2. The Balaban J connectivity index is 1.92. The van der Waals surface area contributed by atoms with E-state index in [9.17, 15) is 27.6 Å². The standard InChI is InChI=1S/C18H13F3N2O4/c1-22(2)12-8-10(7-11(9-12)18(19,20)21)17(26)27-23-15(24)13-5-3-4-6-14(13)16(23)25/h3-9H,1-2H3. The number of rotatable bonds is 3. The average Bonchev–Trinajstić information content (AvgIpc) is 2.86. The highest BCUT2D eigenvalue weighted by molar-refractivity contribution is 6.21. The molecule has 140 valence electrons. The fraction of sp³-hybridized carbons (Fsp3) is 0.167. The van der Waals surface area contributed by atoms with E-state index in [1.165, 1.54) is 49.3 Å². The van der Waals surface area contributed by atoms with Crippen LogP contribution < -0.4 is 4.90 Å². The molecule has 0 radical (unpaired) electrons. The molecule has 0 aromatic heterocycles. The van der Waals surface area contributed by atoms with Crippen LogP contribution >= 0.6 is 0 Å². The molecule has 0 aliphatic carbocycles. The first kappa shape index (κ1) is 18.4. The Bertz CT molecular complexity index is 919. The summed E-state index contributed by atoms with van der Waals surface area (Å²) in [5, 5.41) is 0.253. The Morgan fingerprint density at radius 1 is 1.00 bits per heavy atom. The molecule has 0 bridgehead atoms. The fourth-order valence-corrected chi connectivity index (χ4v) is 2.54. The Morgan fingerprint density at radius 3 is 2.04 bits per heavy atom. The van der Waals surface area contributed by atoms with Crippen molar-refractivity contribution in [1.82, 2.24) is 5.06 Å². The molecular formula is C18H13F3N2O4. The molecule has 2 amide bonds. The van der Waals surface area contributed by atoms with Gasteiger partial charge in [-0.1, -0.05) is 17.2 Å². The van der Waals surface area contributed by atoms with E-state index in [0.717, 1.165) is 6.07 Å². The number of anilines is 1. The van der Waals surface area contributed by atoms with Crippen LogP contribution in [0.15, 0.2) is 42.5 Å². The molecule has 0 fully saturated rings. The van der Waals surface area contributed by atoms with Crippen molar-refractivity contribution in [2.75, 3.05) is 19.0 Å². The molecule has 0 saturated heterocycles. The predicted octanol–water partition coefficient (Wildman–Crippen LogP) is 3.14. The maximum atomic E-state index is 13.1. The van der Waals surface area contributed by atoms with Gasteiger partial charge in [-0.2, -0.15) is 13.2 Å². The van der Waals surface area contributed by atoms with E-state index in [0.29, 0.717) is 6.07 Å². The van der Waals surface area contributed by atoms with Gasteiger partial charge in [-0.05, 0) is 30.3 Å². The van der Waals surface area contributed by atoms with E-state index in [4.69, 9.17) is 4.84 Å². The zero-order chi connectivity index (χ0) is 19.9. The smallest absolute Gasteiger partial charge is 0.378 e. The molecule has 27 heavy (non-hydrogen) atoms. The maximum Gasteiger partial charge on any atom is 0.416 e. The molecule has 2 aromatic rings. The number of hydrogen-bond acceptors (Lipinski definition) is 5. The third kappa shape index (κ3) is 3.35. The summed E-state index contributed by atoms with van der Waals surface area (Å²) >= 11 is 0. The minimum absolute atomic E-state index is 0.0494. The number of halogens is 3. The molecule has 0 N–H and O–H groups in total. The molecule has 1 aliphatic heterocycles. The number of hydroxylamine groups is 2. The van der Waals surface area contributed by atoms with Crippen molar-refractivity contribution in [2.45, 2.75) is 6.18 Å². The van der Waals surface area contributed by atoms with Crippen LogP contribution in [0.4, 0.5) is 18.9 Å². The van der Waals surface area contributed by atoms with Crippen LogP contribution in [0, 0.1) is 0 Å². The van der Waals surface area contributed by atoms with Crippen molar-refractivity contribution in [2.24, 2.45) is 0 Å². The number of nitrogens with zero attached hydrogens (tertiary/aromatic N) is 2. The minimum Gasteiger partial charge on any atom is -0.378 e. The summed E-state index contributed by atoms with van der Waals surface area (Å²) < 4.78 is 39.3. The molecule has 2 aromatic carbocycles. The molecule has 3 rings (SSSR count). The Labute approximate surface area is 151 Å². The Kier molecular flexibility index (Phi) is 4.38. The number of alkyl halides is 3. The number of carbonyl (C=O) groups excluding carboxylic acids is 3. The van der Waals surface area contributed by atoms with Gasteiger partial charge in [-0.25, -0.2) is 4.79 Å². The van der Waals surface area contributed by atoms with E-state index >= 15 is 0 Å². The molecule has 9 heteroatoms. The second kappa shape index (κ2) is 6.42. The first-order valence-corrected chi connectivity index (χ1v) is 7.69.